The van der Waals surface area contributed by atoms with Gasteiger partial charge in [-0.25, -0.2) is 4.98 Å². The zero-order chi connectivity index (χ0) is 22.7. The molecule has 0 aliphatic carbocycles. The van der Waals surface area contributed by atoms with Crippen LogP contribution in [-0.2, 0) is 30.4 Å². The molecular weight excluding hydrogens is 418 g/mol. The van der Waals surface area contributed by atoms with E-state index in [1.807, 2.05) is 0 Å². The van der Waals surface area contributed by atoms with Crippen LogP contribution in [0.5, 0.6) is 0 Å². The number of thiol groups is 1. The molecule has 0 fully saturated rings. The Balaban J connectivity index is 2.77. The summed E-state index contributed by atoms with van der Waals surface area (Å²) in [5, 5.41) is 15.8. The molecule has 30 heavy (non-hydrogen) atoms. The number of amides is 4. The Morgan fingerprint density at radius 2 is 1.80 bits per heavy atom. The number of aromatic nitrogens is 2. The number of carbonyl (C=O) groups is 5. The van der Waals surface area contributed by atoms with Crippen molar-refractivity contribution in [2.75, 3.05) is 12.3 Å². The third-order valence-electron chi connectivity index (χ3n) is 3.88. The lowest BCUT2D eigenvalue weighted by Crippen LogP contribution is -2.57. The Morgan fingerprint density at radius 1 is 1.13 bits per heavy atom. The third kappa shape index (κ3) is 8.91. The fourth-order valence-electron chi connectivity index (χ4n) is 2.29. The summed E-state index contributed by atoms with van der Waals surface area (Å²) < 4.78 is 0. The molecule has 0 spiro atoms. The fourth-order valence-corrected chi connectivity index (χ4v) is 2.54. The predicted molar refractivity (Wildman–Crippen MR) is 107 cm³/mol. The second-order valence-corrected chi connectivity index (χ2v) is 6.67. The van der Waals surface area contributed by atoms with Crippen LogP contribution in [0.25, 0.3) is 0 Å². The molecule has 3 atom stereocenters. The summed E-state index contributed by atoms with van der Waals surface area (Å²) >= 11 is 4.03. The molecule has 166 valence electrons. The summed E-state index contributed by atoms with van der Waals surface area (Å²) in [6.07, 6.45) is 2.74. The molecule has 0 aliphatic rings. The minimum atomic E-state index is -1.25. The molecule has 0 saturated heterocycles. The maximum atomic E-state index is 12.6. The molecule has 1 heterocycles. The number of nitrogens with one attached hydrogen (secondary N) is 4. The minimum absolute atomic E-state index is 0.00210. The molecule has 1 rings (SSSR count). The minimum Gasteiger partial charge on any atom is -0.480 e. The summed E-state index contributed by atoms with van der Waals surface area (Å²) in [6, 6.07) is -3.33. The smallest absolute Gasteiger partial charge is 0.322 e. The van der Waals surface area contributed by atoms with E-state index in [4.69, 9.17) is 16.6 Å². The average molecular weight is 443 g/mol. The van der Waals surface area contributed by atoms with Gasteiger partial charge in [0, 0.05) is 30.5 Å². The molecule has 0 bridgehead atoms. The number of carboxylic acids is 1. The van der Waals surface area contributed by atoms with Gasteiger partial charge in [-0.05, 0) is 6.42 Å². The molecular formula is C16H25N7O6S. The van der Waals surface area contributed by atoms with Crippen LogP contribution in [0.3, 0.4) is 0 Å². The van der Waals surface area contributed by atoms with Gasteiger partial charge in [0.2, 0.25) is 23.6 Å². The average Bonchev–Trinajstić information content (AvgIpc) is 3.20. The van der Waals surface area contributed by atoms with Crippen LogP contribution in [0.4, 0.5) is 0 Å². The highest BCUT2D eigenvalue weighted by Crippen LogP contribution is 2.02. The Labute approximate surface area is 177 Å². The Morgan fingerprint density at radius 3 is 2.33 bits per heavy atom. The number of rotatable bonds is 13. The standard InChI is InChI=1S/C16H25N7O6S/c17-9(1-2-12(18)24)14(27)23-11(6-30)16(29)22-10(3-8-4-19-7-21-8)15(28)20-5-13(25)26/h4,7,9-11,30H,1-3,5-6,17H2,(H2,18,24)(H,19,21)(H,20,28)(H,22,29)(H,23,27)(H,25,26). The summed E-state index contributed by atoms with van der Waals surface area (Å²) in [5.74, 6) is -4.12. The number of hydrogen-bond donors (Lipinski definition) is 8. The van der Waals surface area contributed by atoms with Crippen LogP contribution in [0.15, 0.2) is 12.5 Å². The number of aliphatic carboxylic acids is 1. The van der Waals surface area contributed by atoms with Gasteiger partial charge >= 0.3 is 5.97 Å². The highest BCUT2D eigenvalue weighted by molar-refractivity contribution is 7.80. The van der Waals surface area contributed by atoms with E-state index in [-0.39, 0.29) is 25.0 Å². The number of hydrogen-bond acceptors (Lipinski definition) is 8. The van der Waals surface area contributed by atoms with E-state index in [0.717, 1.165) is 0 Å². The van der Waals surface area contributed by atoms with Gasteiger partial charge in [0.15, 0.2) is 0 Å². The first kappa shape index (κ1) is 24.9. The molecule has 13 nitrogen and oxygen atoms in total. The van der Waals surface area contributed by atoms with Crippen molar-refractivity contribution < 1.29 is 29.1 Å². The zero-order valence-corrected chi connectivity index (χ0v) is 16.9. The van der Waals surface area contributed by atoms with Crippen molar-refractivity contribution in [3.8, 4) is 0 Å². The first-order valence-corrected chi connectivity index (χ1v) is 9.49. The van der Waals surface area contributed by atoms with Gasteiger partial charge in [-0.1, -0.05) is 0 Å². The summed E-state index contributed by atoms with van der Waals surface area (Å²) in [7, 11) is 0. The SMILES string of the molecule is NC(=O)CCC(N)C(=O)NC(CS)C(=O)NC(Cc1cnc[nH]1)C(=O)NCC(=O)O. The molecule has 0 radical (unpaired) electrons. The molecule has 3 unspecified atom stereocenters. The molecule has 1 aromatic heterocycles. The Bertz CT molecular complexity index is 757. The summed E-state index contributed by atoms with van der Waals surface area (Å²) in [5.41, 5.74) is 11.2. The molecule has 1 aromatic rings. The van der Waals surface area contributed by atoms with Gasteiger partial charge in [0.1, 0.15) is 18.6 Å². The van der Waals surface area contributed by atoms with Crippen LogP contribution in [0, 0.1) is 0 Å². The monoisotopic (exact) mass is 443 g/mol. The first-order valence-electron chi connectivity index (χ1n) is 8.86. The number of carbonyl (C=O) groups excluding carboxylic acids is 4. The maximum absolute atomic E-state index is 12.6. The number of nitrogens with zero attached hydrogens (tertiary/aromatic N) is 1. The van der Waals surface area contributed by atoms with E-state index in [9.17, 15) is 24.0 Å². The molecule has 4 amide bonds. The Hall–Kier alpha value is -3.13. The van der Waals surface area contributed by atoms with Crippen LogP contribution in [0.2, 0.25) is 0 Å². The molecule has 0 aliphatic heterocycles. The highest BCUT2D eigenvalue weighted by atomic mass is 32.1. The molecule has 9 N–H and O–H groups in total. The number of primary amides is 1. The van der Waals surface area contributed by atoms with Crippen molar-refractivity contribution in [1.29, 1.82) is 0 Å². The van der Waals surface area contributed by atoms with Crippen molar-refractivity contribution >= 4 is 42.2 Å². The number of aromatic amines is 1. The molecule has 0 saturated carbocycles. The van der Waals surface area contributed by atoms with Crippen molar-refractivity contribution in [3.63, 3.8) is 0 Å². The maximum Gasteiger partial charge on any atom is 0.322 e. The van der Waals surface area contributed by atoms with Crippen LogP contribution in [-0.4, -0.2) is 75.1 Å². The largest absolute Gasteiger partial charge is 0.480 e. The number of H-pyrrole nitrogens is 1. The topological polar surface area (TPSA) is 222 Å². The quantitative estimate of drug-likeness (QED) is 0.143. The fraction of sp³-hybridized carbons (Fsp3) is 0.500. The van der Waals surface area contributed by atoms with E-state index >= 15 is 0 Å². The normalized spacial score (nSPS) is 13.5. The Kier molecular flexibility index (Phi) is 10.3. The number of nitrogens with two attached hydrogens (primary N) is 2. The first-order chi connectivity index (χ1) is 14.1. The van der Waals surface area contributed by atoms with Crippen molar-refractivity contribution in [3.05, 3.63) is 18.2 Å². The van der Waals surface area contributed by atoms with E-state index < -0.39 is 54.3 Å². The van der Waals surface area contributed by atoms with E-state index in [2.05, 4.69) is 38.5 Å². The molecule has 0 aromatic carbocycles. The van der Waals surface area contributed by atoms with Crippen molar-refractivity contribution in [2.24, 2.45) is 11.5 Å². The van der Waals surface area contributed by atoms with E-state index in [1.165, 1.54) is 12.5 Å². The van der Waals surface area contributed by atoms with Crippen LogP contribution in [0.1, 0.15) is 18.5 Å². The number of carboxylic acid groups (broad SMARTS) is 1. The van der Waals surface area contributed by atoms with Gasteiger partial charge in [-0.2, -0.15) is 12.6 Å². The van der Waals surface area contributed by atoms with E-state index in [1.54, 1.807) is 0 Å². The van der Waals surface area contributed by atoms with Gasteiger partial charge in [-0.3, -0.25) is 24.0 Å². The zero-order valence-electron chi connectivity index (χ0n) is 16.0. The lowest BCUT2D eigenvalue weighted by molar-refractivity contribution is -0.138. The van der Waals surface area contributed by atoms with Crippen molar-refractivity contribution in [1.82, 2.24) is 25.9 Å². The van der Waals surface area contributed by atoms with Crippen molar-refractivity contribution in [2.45, 2.75) is 37.4 Å². The third-order valence-corrected chi connectivity index (χ3v) is 4.24. The van der Waals surface area contributed by atoms with Crippen LogP contribution >= 0.6 is 12.6 Å². The van der Waals surface area contributed by atoms with Gasteiger partial charge in [-0.15, -0.1) is 0 Å². The highest BCUT2D eigenvalue weighted by Gasteiger charge is 2.28. The second-order valence-electron chi connectivity index (χ2n) is 6.31. The lowest BCUT2D eigenvalue weighted by atomic mass is 10.1. The van der Waals surface area contributed by atoms with Gasteiger partial charge in [0.25, 0.3) is 0 Å². The van der Waals surface area contributed by atoms with E-state index in [0.29, 0.717) is 5.69 Å². The summed E-state index contributed by atoms with van der Waals surface area (Å²) in [4.78, 5) is 65.1. The van der Waals surface area contributed by atoms with Crippen LogP contribution < -0.4 is 27.4 Å². The number of imidazole rings is 1. The summed E-state index contributed by atoms with van der Waals surface area (Å²) in [6.45, 7) is -0.629. The lowest BCUT2D eigenvalue weighted by Gasteiger charge is -2.23. The van der Waals surface area contributed by atoms with Gasteiger partial charge in [0.05, 0.1) is 12.4 Å². The second kappa shape index (κ2) is 12.4. The predicted octanol–water partition coefficient (Wildman–Crippen LogP) is -3.35. The molecule has 14 heteroatoms. The van der Waals surface area contributed by atoms with Gasteiger partial charge < -0.3 is 37.5 Å².